The number of pyridine rings is 1. The topological polar surface area (TPSA) is 36.7 Å². The lowest BCUT2D eigenvalue weighted by Gasteiger charge is -2.09. The van der Waals surface area contributed by atoms with Gasteiger partial charge in [-0.25, -0.2) is 4.98 Å². The second-order valence-corrected chi connectivity index (χ2v) is 4.88. The predicted octanol–water partition coefficient (Wildman–Crippen LogP) is 4.34. The van der Waals surface area contributed by atoms with Crippen molar-refractivity contribution < 1.29 is 0 Å². The number of nitrogens with zero attached hydrogens (tertiary/aromatic N) is 2. The molecule has 0 fully saturated rings. The fraction of sp³-hybridized carbons (Fsp3) is 0.0769. The minimum absolute atomic E-state index is 0.244. The van der Waals surface area contributed by atoms with E-state index in [2.05, 4.69) is 27.0 Å². The molecule has 2 nitrogen and oxygen atoms in total. The molecule has 0 aliphatic heterocycles. The maximum Gasteiger partial charge on any atom is 0.147 e. The van der Waals surface area contributed by atoms with Crippen LogP contribution in [0, 0.1) is 18.3 Å². The van der Waals surface area contributed by atoms with Crippen LogP contribution in [-0.4, -0.2) is 4.98 Å². The van der Waals surface area contributed by atoms with E-state index in [1.807, 2.05) is 31.2 Å². The molecule has 4 heteroatoms. The number of rotatable bonds is 1. The number of aryl methyl sites for hydroxylation is 1. The molecular formula is C13H8BrClN2. The zero-order chi connectivity index (χ0) is 12.4. The SMILES string of the molecule is Cc1cnc(Cl)c(C#N)c1-c1cccc(Br)c1. The number of hydrogen-bond donors (Lipinski definition) is 0. The van der Waals surface area contributed by atoms with Gasteiger partial charge in [0.05, 0.1) is 5.56 Å². The first-order valence-corrected chi connectivity index (χ1v) is 6.11. The molecule has 0 spiro atoms. The van der Waals surface area contributed by atoms with Gasteiger partial charge in [0, 0.05) is 16.2 Å². The third-order valence-electron chi connectivity index (χ3n) is 2.45. The minimum atomic E-state index is 0.244. The van der Waals surface area contributed by atoms with Crippen LogP contribution in [-0.2, 0) is 0 Å². The summed E-state index contributed by atoms with van der Waals surface area (Å²) in [6.45, 7) is 1.92. The lowest BCUT2D eigenvalue weighted by atomic mass is 9.98. The summed E-state index contributed by atoms with van der Waals surface area (Å²) in [7, 11) is 0. The fourth-order valence-corrected chi connectivity index (χ4v) is 2.29. The Kier molecular flexibility index (Phi) is 3.46. The molecule has 84 valence electrons. The van der Waals surface area contributed by atoms with Crippen LogP contribution in [0.25, 0.3) is 11.1 Å². The molecular weight excluding hydrogens is 300 g/mol. The van der Waals surface area contributed by atoms with Crippen molar-refractivity contribution in [2.24, 2.45) is 0 Å². The van der Waals surface area contributed by atoms with Gasteiger partial charge in [0.1, 0.15) is 11.2 Å². The van der Waals surface area contributed by atoms with E-state index in [1.165, 1.54) is 0 Å². The van der Waals surface area contributed by atoms with Crippen molar-refractivity contribution in [3.8, 4) is 17.2 Å². The maximum absolute atomic E-state index is 9.17. The standard InChI is InChI=1S/C13H8BrClN2/c1-8-7-17-13(15)11(6-16)12(8)9-3-2-4-10(14)5-9/h2-5,7H,1H3. The summed E-state index contributed by atoms with van der Waals surface area (Å²) in [6.07, 6.45) is 1.68. The van der Waals surface area contributed by atoms with Crippen LogP contribution in [0.3, 0.4) is 0 Å². The van der Waals surface area contributed by atoms with Gasteiger partial charge >= 0.3 is 0 Å². The average molecular weight is 308 g/mol. The lowest BCUT2D eigenvalue weighted by molar-refractivity contribution is 1.25. The van der Waals surface area contributed by atoms with Crippen molar-refractivity contribution in [1.82, 2.24) is 4.98 Å². The minimum Gasteiger partial charge on any atom is -0.243 e. The van der Waals surface area contributed by atoms with Gasteiger partial charge in [0.2, 0.25) is 0 Å². The quantitative estimate of drug-likeness (QED) is 0.735. The summed E-state index contributed by atoms with van der Waals surface area (Å²) in [4.78, 5) is 3.99. The summed E-state index contributed by atoms with van der Waals surface area (Å²) >= 11 is 9.36. The van der Waals surface area contributed by atoms with Crippen LogP contribution in [0.1, 0.15) is 11.1 Å². The van der Waals surface area contributed by atoms with Crippen LogP contribution < -0.4 is 0 Å². The molecule has 0 saturated heterocycles. The van der Waals surface area contributed by atoms with E-state index >= 15 is 0 Å². The molecule has 0 atom stereocenters. The van der Waals surface area contributed by atoms with E-state index in [4.69, 9.17) is 16.9 Å². The second-order valence-electron chi connectivity index (χ2n) is 3.60. The van der Waals surface area contributed by atoms with Gasteiger partial charge in [-0.15, -0.1) is 0 Å². The molecule has 1 heterocycles. The number of nitriles is 1. The molecule has 1 aromatic carbocycles. The Bertz CT molecular complexity index is 617. The molecule has 0 bridgehead atoms. The highest BCUT2D eigenvalue weighted by molar-refractivity contribution is 9.10. The lowest BCUT2D eigenvalue weighted by Crippen LogP contribution is -1.93. The van der Waals surface area contributed by atoms with E-state index in [1.54, 1.807) is 6.20 Å². The molecule has 2 aromatic rings. The monoisotopic (exact) mass is 306 g/mol. The second kappa shape index (κ2) is 4.87. The Morgan fingerprint density at radius 3 is 2.82 bits per heavy atom. The molecule has 17 heavy (non-hydrogen) atoms. The summed E-state index contributed by atoms with van der Waals surface area (Å²) in [6, 6.07) is 9.88. The highest BCUT2D eigenvalue weighted by atomic mass is 79.9. The maximum atomic E-state index is 9.17. The van der Waals surface area contributed by atoms with Crippen molar-refractivity contribution in [3.63, 3.8) is 0 Å². The van der Waals surface area contributed by atoms with E-state index in [9.17, 15) is 0 Å². The van der Waals surface area contributed by atoms with Gasteiger partial charge in [0.15, 0.2) is 0 Å². The molecule has 0 saturated carbocycles. The molecule has 0 radical (unpaired) electrons. The first-order valence-electron chi connectivity index (χ1n) is 4.94. The summed E-state index contributed by atoms with van der Waals surface area (Å²) in [5, 5.41) is 9.41. The zero-order valence-corrected chi connectivity index (χ0v) is 11.4. The highest BCUT2D eigenvalue weighted by Gasteiger charge is 2.13. The molecule has 0 aliphatic carbocycles. The molecule has 0 unspecified atom stereocenters. The summed E-state index contributed by atoms with van der Waals surface area (Å²) < 4.78 is 0.964. The smallest absolute Gasteiger partial charge is 0.147 e. The van der Waals surface area contributed by atoms with Crippen LogP contribution in [0.2, 0.25) is 5.15 Å². The van der Waals surface area contributed by atoms with Crippen LogP contribution in [0.15, 0.2) is 34.9 Å². The fourth-order valence-electron chi connectivity index (χ4n) is 1.70. The molecule has 2 rings (SSSR count). The van der Waals surface area contributed by atoms with Gasteiger partial charge in [-0.3, -0.25) is 0 Å². The first kappa shape index (κ1) is 12.1. The number of benzene rings is 1. The van der Waals surface area contributed by atoms with Crippen LogP contribution in [0.5, 0.6) is 0 Å². The predicted molar refractivity (Wildman–Crippen MR) is 71.8 cm³/mol. The number of halogens is 2. The van der Waals surface area contributed by atoms with Crippen LogP contribution >= 0.6 is 27.5 Å². The van der Waals surface area contributed by atoms with E-state index < -0.39 is 0 Å². The van der Waals surface area contributed by atoms with Crippen molar-refractivity contribution >= 4 is 27.5 Å². The van der Waals surface area contributed by atoms with Gasteiger partial charge in [-0.2, -0.15) is 5.26 Å². The molecule has 1 aromatic heterocycles. The van der Waals surface area contributed by atoms with Gasteiger partial charge < -0.3 is 0 Å². The Hall–Kier alpha value is -1.37. The van der Waals surface area contributed by atoms with Crippen LogP contribution in [0.4, 0.5) is 0 Å². The number of aromatic nitrogens is 1. The molecule has 0 N–H and O–H groups in total. The third-order valence-corrected chi connectivity index (χ3v) is 3.23. The summed E-state index contributed by atoms with van der Waals surface area (Å²) in [5.74, 6) is 0. The van der Waals surface area contributed by atoms with E-state index in [0.29, 0.717) is 5.56 Å². The zero-order valence-electron chi connectivity index (χ0n) is 9.04. The number of hydrogen-bond acceptors (Lipinski definition) is 2. The summed E-state index contributed by atoms with van der Waals surface area (Å²) in [5.41, 5.74) is 3.15. The molecule has 0 amide bonds. The Morgan fingerprint density at radius 2 is 2.18 bits per heavy atom. The Balaban J connectivity index is 2.75. The van der Waals surface area contributed by atoms with Gasteiger partial charge in [-0.05, 0) is 30.2 Å². The molecule has 0 aliphatic rings. The average Bonchev–Trinajstić information content (AvgIpc) is 2.31. The van der Waals surface area contributed by atoms with E-state index in [-0.39, 0.29) is 5.15 Å². The highest BCUT2D eigenvalue weighted by Crippen LogP contribution is 2.31. The van der Waals surface area contributed by atoms with Gasteiger partial charge in [-0.1, -0.05) is 39.7 Å². The third kappa shape index (κ3) is 2.33. The largest absolute Gasteiger partial charge is 0.243 e. The van der Waals surface area contributed by atoms with Gasteiger partial charge in [0.25, 0.3) is 0 Å². The van der Waals surface area contributed by atoms with Crippen molar-refractivity contribution in [3.05, 3.63) is 51.2 Å². The van der Waals surface area contributed by atoms with Crippen molar-refractivity contribution in [1.29, 1.82) is 5.26 Å². The first-order chi connectivity index (χ1) is 8.13. The van der Waals surface area contributed by atoms with Crippen molar-refractivity contribution in [2.45, 2.75) is 6.92 Å². The Labute approximate surface area is 113 Å². The van der Waals surface area contributed by atoms with Crippen molar-refractivity contribution in [2.75, 3.05) is 0 Å². The normalized spacial score (nSPS) is 10.0. The van der Waals surface area contributed by atoms with E-state index in [0.717, 1.165) is 21.2 Å². The Morgan fingerprint density at radius 1 is 1.41 bits per heavy atom.